The number of halogens is 1. The number of aromatic nitrogens is 1. The van der Waals surface area contributed by atoms with Crippen LogP contribution < -0.4 is 20.1 Å². The fourth-order valence-corrected chi connectivity index (χ4v) is 4.17. The second-order valence-electron chi connectivity index (χ2n) is 10.2. The smallest absolute Gasteiger partial charge is 0.248 e. The molecule has 3 amide bonds. The normalized spacial score (nSPS) is 11.9. The molecule has 0 saturated carbocycles. The van der Waals surface area contributed by atoms with Gasteiger partial charge in [-0.25, -0.2) is 4.39 Å². The first-order chi connectivity index (χ1) is 19.5. The monoisotopic (exact) mass is 568 g/mol. The third kappa shape index (κ3) is 8.29. The summed E-state index contributed by atoms with van der Waals surface area (Å²) < 4.78 is 29.8. The van der Waals surface area contributed by atoms with E-state index >= 15 is 0 Å². The number of nitrogens with zero attached hydrogens (tertiary/aromatic N) is 2. The molecule has 2 N–H and O–H groups in total. The highest BCUT2D eigenvalue weighted by atomic mass is 19.1. The van der Waals surface area contributed by atoms with Gasteiger partial charge in [0, 0.05) is 36.6 Å². The number of nitrogens with one attached hydrogen (secondary N) is 2. The zero-order valence-electron chi connectivity index (χ0n) is 24.2. The topological polar surface area (TPSA) is 123 Å². The van der Waals surface area contributed by atoms with Gasteiger partial charge in [0.2, 0.25) is 17.7 Å². The van der Waals surface area contributed by atoms with Gasteiger partial charge in [0.15, 0.2) is 17.3 Å². The predicted octanol–water partition coefficient (Wildman–Crippen LogP) is 4.93. The Hall–Kier alpha value is -4.41. The van der Waals surface area contributed by atoms with Gasteiger partial charge in [0.05, 0.1) is 14.2 Å². The van der Waals surface area contributed by atoms with Crippen LogP contribution in [0.2, 0.25) is 0 Å². The van der Waals surface area contributed by atoms with Crippen molar-refractivity contribution in [2.75, 3.05) is 19.5 Å². The minimum atomic E-state index is -1.16. The zero-order chi connectivity index (χ0) is 30.2. The van der Waals surface area contributed by atoms with Crippen LogP contribution >= 0.6 is 0 Å². The van der Waals surface area contributed by atoms with E-state index in [0.29, 0.717) is 34.8 Å². The zero-order valence-corrected chi connectivity index (χ0v) is 24.2. The summed E-state index contributed by atoms with van der Waals surface area (Å²) in [5, 5.41) is 9.37. The van der Waals surface area contributed by atoms with Crippen LogP contribution in [0.4, 0.5) is 10.2 Å². The first-order valence-electron chi connectivity index (χ1n) is 13.3. The first kappa shape index (κ1) is 31.1. The number of rotatable bonds is 13. The maximum Gasteiger partial charge on any atom is 0.248 e. The van der Waals surface area contributed by atoms with E-state index in [0.717, 1.165) is 0 Å². The van der Waals surface area contributed by atoms with Gasteiger partial charge in [0.1, 0.15) is 17.6 Å². The molecule has 0 aliphatic carbocycles. The molecule has 1 aromatic heterocycles. The molecule has 11 heteroatoms. The lowest BCUT2D eigenvalue weighted by atomic mass is 9.97. The van der Waals surface area contributed by atoms with Crippen LogP contribution in [-0.2, 0) is 20.9 Å². The number of benzene rings is 2. The van der Waals surface area contributed by atoms with E-state index in [2.05, 4.69) is 15.8 Å². The molecule has 0 aliphatic heterocycles. The minimum absolute atomic E-state index is 0.0335. The van der Waals surface area contributed by atoms with E-state index in [9.17, 15) is 18.8 Å². The summed E-state index contributed by atoms with van der Waals surface area (Å²) >= 11 is 0. The highest BCUT2D eigenvalue weighted by molar-refractivity contribution is 5.94. The fourth-order valence-electron chi connectivity index (χ4n) is 4.17. The molecule has 0 spiro atoms. The lowest BCUT2D eigenvalue weighted by Gasteiger charge is -2.35. The molecule has 3 rings (SSSR count). The molecule has 0 fully saturated rings. The number of hydrogen-bond donors (Lipinski definition) is 2. The van der Waals surface area contributed by atoms with Crippen molar-refractivity contribution in [3.05, 3.63) is 71.2 Å². The molecule has 3 aromatic rings. The van der Waals surface area contributed by atoms with Crippen molar-refractivity contribution in [3.8, 4) is 11.5 Å². The van der Waals surface area contributed by atoms with Crippen molar-refractivity contribution in [1.29, 1.82) is 0 Å². The van der Waals surface area contributed by atoms with Gasteiger partial charge in [0.25, 0.3) is 0 Å². The molecule has 0 radical (unpaired) electrons. The third-order valence-electron chi connectivity index (χ3n) is 6.68. The van der Waals surface area contributed by atoms with E-state index < -0.39 is 35.1 Å². The standard InChI is InChI=1S/C30H37FN4O6/c1-7-30(3,4)33-29(38)27(22-9-8-10-23(39-5)28(22)40-6)35(18-20-11-13-21(31)14-12-20)26(37)16-15-25(36)32-24-17-19(2)41-34-24/h8-14,17,27H,7,15-16,18H2,1-6H3,(H,33,38)(H,32,34,36)/t27-/m0/s1. The third-order valence-corrected chi connectivity index (χ3v) is 6.68. The molecule has 10 nitrogen and oxygen atoms in total. The van der Waals surface area contributed by atoms with Crippen molar-refractivity contribution in [3.63, 3.8) is 0 Å². The molecule has 220 valence electrons. The number of carbonyl (C=O) groups is 3. The summed E-state index contributed by atoms with van der Waals surface area (Å²) in [4.78, 5) is 41.9. The van der Waals surface area contributed by atoms with Gasteiger partial charge in [-0.1, -0.05) is 36.3 Å². The van der Waals surface area contributed by atoms with Gasteiger partial charge >= 0.3 is 0 Å². The molecule has 0 bridgehead atoms. The Kier molecular flexibility index (Phi) is 10.5. The quantitative estimate of drug-likeness (QED) is 0.300. The maximum atomic E-state index is 14.0. The lowest BCUT2D eigenvalue weighted by molar-refractivity contribution is -0.143. The SMILES string of the molecule is CCC(C)(C)NC(=O)[C@H](c1cccc(OC)c1OC)N(Cc1ccc(F)cc1)C(=O)CCC(=O)Nc1cc(C)on1. The number of aryl methyl sites for hydroxylation is 1. The summed E-state index contributed by atoms with van der Waals surface area (Å²) in [6.07, 6.45) is 0.250. The molecule has 0 aliphatic rings. The first-order valence-corrected chi connectivity index (χ1v) is 13.3. The van der Waals surface area contributed by atoms with Crippen LogP contribution in [-0.4, -0.2) is 47.5 Å². The summed E-state index contributed by atoms with van der Waals surface area (Å²) in [5.74, 6) is -0.349. The van der Waals surface area contributed by atoms with Crippen molar-refractivity contribution in [2.45, 2.75) is 65.1 Å². The number of para-hydroxylation sites is 1. The van der Waals surface area contributed by atoms with E-state index in [-0.39, 0.29) is 25.2 Å². The average molecular weight is 569 g/mol. The number of hydrogen-bond acceptors (Lipinski definition) is 7. The summed E-state index contributed by atoms with van der Waals surface area (Å²) in [7, 11) is 2.93. The highest BCUT2D eigenvalue weighted by Gasteiger charge is 2.36. The Labute approximate surface area is 239 Å². The van der Waals surface area contributed by atoms with Crippen LogP contribution in [0.5, 0.6) is 11.5 Å². The van der Waals surface area contributed by atoms with Crippen LogP contribution in [0, 0.1) is 12.7 Å². The molecule has 0 unspecified atom stereocenters. The molecular weight excluding hydrogens is 531 g/mol. The number of ether oxygens (including phenoxy) is 2. The Morgan fingerprint density at radius 2 is 1.78 bits per heavy atom. The van der Waals surface area contributed by atoms with Gasteiger partial charge in [-0.2, -0.15) is 0 Å². The molecule has 41 heavy (non-hydrogen) atoms. The number of anilines is 1. The number of carbonyl (C=O) groups excluding carboxylic acids is 3. The van der Waals surface area contributed by atoms with Crippen molar-refractivity contribution in [1.82, 2.24) is 15.4 Å². The number of amides is 3. The lowest BCUT2D eigenvalue weighted by Crippen LogP contribution is -2.50. The Bertz CT molecular complexity index is 1360. The molecule has 1 heterocycles. The Morgan fingerprint density at radius 1 is 1.07 bits per heavy atom. The largest absolute Gasteiger partial charge is 0.493 e. The molecule has 1 atom stereocenters. The van der Waals surface area contributed by atoms with E-state index in [4.69, 9.17) is 14.0 Å². The highest BCUT2D eigenvalue weighted by Crippen LogP contribution is 2.38. The summed E-state index contributed by atoms with van der Waals surface area (Å²) in [6.45, 7) is 7.36. The van der Waals surface area contributed by atoms with Gasteiger partial charge < -0.3 is 29.5 Å². The molecule has 2 aromatic carbocycles. The van der Waals surface area contributed by atoms with Crippen molar-refractivity contribution < 1.29 is 32.8 Å². The molecular formula is C30H37FN4O6. The van der Waals surface area contributed by atoms with Crippen LogP contribution in [0.15, 0.2) is 53.1 Å². The maximum absolute atomic E-state index is 14.0. The average Bonchev–Trinajstić information content (AvgIpc) is 3.35. The predicted molar refractivity (Wildman–Crippen MR) is 151 cm³/mol. The van der Waals surface area contributed by atoms with Gasteiger partial charge in [-0.3, -0.25) is 14.4 Å². The van der Waals surface area contributed by atoms with Crippen LogP contribution in [0.3, 0.4) is 0 Å². The van der Waals surface area contributed by atoms with Crippen LogP contribution in [0.1, 0.15) is 63.0 Å². The van der Waals surface area contributed by atoms with Crippen molar-refractivity contribution in [2.24, 2.45) is 0 Å². The van der Waals surface area contributed by atoms with E-state index in [1.165, 1.54) is 31.3 Å². The molecule has 0 saturated heterocycles. The number of methoxy groups -OCH3 is 2. The minimum Gasteiger partial charge on any atom is -0.493 e. The fraction of sp³-hybridized carbons (Fsp3) is 0.400. The van der Waals surface area contributed by atoms with Crippen molar-refractivity contribution >= 4 is 23.5 Å². The van der Waals surface area contributed by atoms with Gasteiger partial charge in [-0.05, 0) is 51.0 Å². The second-order valence-corrected chi connectivity index (χ2v) is 10.2. The summed E-state index contributed by atoms with van der Waals surface area (Å²) in [6, 6.07) is 11.1. The van der Waals surface area contributed by atoms with E-state index in [1.807, 2.05) is 20.8 Å². The second kappa shape index (κ2) is 13.8. The summed E-state index contributed by atoms with van der Waals surface area (Å²) in [5.41, 5.74) is 0.410. The Morgan fingerprint density at radius 3 is 2.37 bits per heavy atom. The Balaban J connectivity index is 2.03. The van der Waals surface area contributed by atoms with Crippen LogP contribution in [0.25, 0.3) is 0 Å². The van der Waals surface area contributed by atoms with Gasteiger partial charge in [-0.15, -0.1) is 0 Å². The van der Waals surface area contributed by atoms with E-state index in [1.54, 1.807) is 43.3 Å².